The molecule has 3 nitrogen and oxygen atoms in total. The van der Waals surface area contributed by atoms with Gasteiger partial charge in [0.15, 0.2) is 0 Å². The first-order valence-corrected chi connectivity index (χ1v) is 6.68. The molecule has 0 heterocycles. The normalized spacial score (nSPS) is 11.9. The van der Waals surface area contributed by atoms with Gasteiger partial charge in [-0.2, -0.15) is 0 Å². The number of rotatable bonds is 6. The lowest BCUT2D eigenvalue weighted by Crippen LogP contribution is -2.32. The summed E-state index contributed by atoms with van der Waals surface area (Å²) in [5, 5.41) is 9.17. The number of carbonyl (C=O) groups excluding carboxylic acids is 1. The third-order valence-electron chi connectivity index (χ3n) is 3.13. The molecule has 19 heavy (non-hydrogen) atoms. The molecule has 0 radical (unpaired) electrons. The summed E-state index contributed by atoms with van der Waals surface area (Å²) in [5.41, 5.74) is 2.06. The lowest BCUT2D eigenvalue weighted by molar-refractivity contribution is -0.119. The molecule has 0 aromatic heterocycles. The quantitative estimate of drug-likeness (QED) is 0.790. The molecular formula is C16H23NO2. The van der Waals surface area contributed by atoms with Gasteiger partial charge in [0, 0.05) is 25.1 Å². The Morgan fingerprint density at radius 2 is 2.00 bits per heavy atom. The molecule has 1 rings (SSSR count). The highest BCUT2D eigenvalue weighted by atomic mass is 16.3. The van der Waals surface area contributed by atoms with Crippen molar-refractivity contribution in [1.29, 1.82) is 0 Å². The van der Waals surface area contributed by atoms with Crippen molar-refractivity contribution in [1.82, 2.24) is 0 Å². The van der Waals surface area contributed by atoms with Crippen molar-refractivity contribution in [2.24, 2.45) is 5.92 Å². The fraction of sp³-hybridized carbons (Fsp3) is 0.438. The van der Waals surface area contributed by atoms with Crippen molar-refractivity contribution in [2.75, 3.05) is 11.4 Å². The summed E-state index contributed by atoms with van der Waals surface area (Å²) in [6.07, 6.45) is 0.888. The van der Waals surface area contributed by atoms with Crippen LogP contribution in [0.2, 0.25) is 0 Å². The Balaban J connectivity index is 2.78. The number of aliphatic hydroxyl groups is 1. The minimum atomic E-state index is 0.0885. The number of anilines is 1. The second-order valence-corrected chi connectivity index (χ2v) is 5.00. The highest BCUT2D eigenvalue weighted by Gasteiger charge is 2.18. The second kappa shape index (κ2) is 6.98. The van der Waals surface area contributed by atoms with E-state index in [1.54, 1.807) is 4.90 Å². The smallest absolute Gasteiger partial charge is 0.227 e. The van der Waals surface area contributed by atoms with Gasteiger partial charge in [0.25, 0.3) is 0 Å². The number of hydrogen-bond acceptors (Lipinski definition) is 2. The first-order chi connectivity index (χ1) is 8.95. The predicted octanol–water partition coefficient (Wildman–Crippen LogP) is 3.84. The molecule has 1 amide bonds. The maximum absolute atomic E-state index is 12.3. The largest absolute Gasteiger partial charge is 0.513 e. The number of hydrogen-bond donors (Lipinski definition) is 1. The molecule has 0 saturated carbocycles. The number of amides is 1. The fourth-order valence-electron chi connectivity index (χ4n) is 2.23. The highest BCUT2D eigenvalue weighted by molar-refractivity contribution is 5.94. The van der Waals surface area contributed by atoms with Crippen molar-refractivity contribution in [3.05, 3.63) is 42.2 Å². The average molecular weight is 261 g/mol. The Kier molecular flexibility index (Phi) is 5.61. The van der Waals surface area contributed by atoms with Crippen molar-refractivity contribution in [3.8, 4) is 0 Å². The summed E-state index contributed by atoms with van der Waals surface area (Å²) >= 11 is 0. The Bertz CT molecular complexity index is 454. The molecule has 0 aliphatic heterocycles. The van der Waals surface area contributed by atoms with Crippen LogP contribution in [0.3, 0.4) is 0 Å². The summed E-state index contributed by atoms with van der Waals surface area (Å²) < 4.78 is 0. The molecule has 1 aromatic rings. The maximum atomic E-state index is 12.3. The fourth-order valence-corrected chi connectivity index (χ4v) is 2.23. The van der Waals surface area contributed by atoms with Gasteiger partial charge in [0.1, 0.15) is 0 Å². The predicted molar refractivity (Wildman–Crippen MR) is 79.4 cm³/mol. The van der Waals surface area contributed by atoms with Crippen LogP contribution >= 0.6 is 0 Å². The topological polar surface area (TPSA) is 40.5 Å². The molecule has 0 bridgehead atoms. The minimum Gasteiger partial charge on any atom is -0.513 e. The zero-order valence-electron chi connectivity index (χ0n) is 12.0. The maximum Gasteiger partial charge on any atom is 0.227 e. The zero-order chi connectivity index (χ0) is 14.4. The van der Waals surface area contributed by atoms with Crippen molar-refractivity contribution < 1.29 is 9.90 Å². The average Bonchev–Trinajstić information content (AvgIpc) is 2.31. The summed E-state index contributed by atoms with van der Waals surface area (Å²) in [4.78, 5) is 14.1. The zero-order valence-corrected chi connectivity index (χ0v) is 12.0. The summed E-state index contributed by atoms with van der Waals surface area (Å²) in [7, 11) is 0. The third-order valence-corrected chi connectivity index (χ3v) is 3.13. The number of nitrogens with zero attached hydrogens (tertiary/aromatic N) is 1. The lowest BCUT2D eigenvalue weighted by atomic mass is 10.0. The third kappa shape index (κ3) is 4.43. The van der Waals surface area contributed by atoms with E-state index in [2.05, 4.69) is 6.58 Å². The number of aliphatic hydroxyl groups excluding tert-OH is 1. The van der Waals surface area contributed by atoms with Crippen molar-refractivity contribution in [3.63, 3.8) is 0 Å². The molecule has 0 aliphatic rings. The molecule has 104 valence electrons. The summed E-state index contributed by atoms with van der Waals surface area (Å²) in [6.45, 7) is 10.0. The van der Waals surface area contributed by atoms with E-state index in [4.69, 9.17) is 0 Å². The van der Waals surface area contributed by atoms with Gasteiger partial charge in [-0.15, -0.1) is 0 Å². The van der Waals surface area contributed by atoms with E-state index in [0.29, 0.717) is 19.4 Å². The Hall–Kier alpha value is -1.77. The number of aryl methyl sites for hydroxylation is 1. The first kappa shape index (κ1) is 15.3. The van der Waals surface area contributed by atoms with Crippen LogP contribution in [-0.2, 0) is 4.79 Å². The minimum absolute atomic E-state index is 0.0885. The van der Waals surface area contributed by atoms with E-state index in [9.17, 15) is 9.90 Å². The standard InChI is InChI=1S/C16H23NO2/c1-5-17(15-9-7-6-8-13(15)3)16(19)11-12(2)10-14(4)18/h6-9,12,18H,4-5,10-11H2,1-3H3. The molecular weight excluding hydrogens is 238 g/mol. The van der Waals surface area contributed by atoms with Gasteiger partial charge in [-0.1, -0.05) is 31.7 Å². The molecule has 1 N–H and O–H groups in total. The van der Waals surface area contributed by atoms with Gasteiger partial charge in [-0.25, -0.2) is 0 Å². The van der Waals surface area contributed by atoms with Crippen LogP contribution in [0, 0.1) is 12.8 Å². The molecule has 0 fully saturated rings. The van der Waals surface area contributed by atoms with Gasteiger partial charge < -0.3 is 10.0 Å². The Morgan fingerprint density at radius 3 is 2.53 bits per heavy atom. The van der Waals surface area contributed by atoms with Gasteiger partial charge >= 0.3 is 0 Å². The number of para-hydroxylation sites is 1. The van der Waals surface area contributed by atoms with Crippen LogP contribution in [0.25, 0.3) is 0 Å². The number of carbonyl (C=O) groups is 1. The lowest BCUT2D eigenvalue weighted by Gasteiger charge is -2.24. The molecule has 1 unspecified atom stereocenters. The van der Waals surface area contributed by atoms with Crippen molar-refractivity contribution >= 4 is 11.6 Å². The van der Waals surface area contributed by atoms with Crippen LogP contribution in [0.15, 0.2) is 36.6 Å². The van der Waals surface area contributed by atoms with Gasteiger partial charge in [-0.05, 0) is 31.4 Å². The van der Waals surface area contributed by atoms with E-state index in [0.717, 1.165) is 11.3 Å². The highest BCUT2D eigenvalue weighted by Crippen LogP contribution is 2.22. The van der Waals surface area contributed by atoms with Crippen LogP contribution in [0.1, 0.15) is 32.3 Å². The monoisotopic (exact) mass is 261 g/mol. The van der Waals surface area contributed by atoms with Crippen LogP contribution in [0.5, 0.6) is 0 Å². The van der Waals surface area contributed by atoms with Crippen LogP contribution in [0.4, 0.5) is 5.69 Å². The summed E-state index contributed by atoms with van der Waals surface area (Å²) in [6, 6.07) is 7.88. The first-order valence-electron chi connectivity index (χ1n) is 6.68. The van der Waals surface area contributed by atoms with Gasteiger partial charge in [0.05, 0.1) is 5.76 Å². The second-order valence-electron chi connectivity index (χ2n) is 5.00. The molecule has 0 aliphatic carbocycles. The molecule has 1 aromatic carbocycles. The SMILES string of the molecule is C=C(O)CC(C)CC(=O)N(CC)c1ccccc1C. The Morgan fingerprint density at radius 1 is 1.37 bits per heavy atom. The van der Waals surface area contributed by atoms with E-state index >= 15 is 0 Å². The van der Waals surface area contributed by atoms with Crippen LogP contribution < -0.4 is 4.90 Å². The number of allylic oxidation sites excluding steroid dienone is 1. The van der Waals surface area contributed by atoms with E-state index in [1.807, 2.05) is 45.0 Å². The van der Waals surface area contributed by atoms with Crippen molar-refractivity contribution in [2.45, 2.75) is 33.6 Å². The van der Waals surface area contributed by atoms with Gasteiger partial charge in [-0.3, -0.25) is 4.79 Å². The molecule has 1 atom stereocenters. The molecule has 0 saturated heterocycles. The van der Waals surface area contributed by atoms with E-state index in [-0.39, 0.29) is 17.6 Å². The molecule has 0 spiro atoms. The number of benzene rings is 1. The van der Waals surface area contributed by atoms with Gasteiger partial charge in [0.2, 0.25) is 5.91 Å². The van der Waals surface area contributed by atoms with E-state index < -0.39 is 0 Å². The summed E-state index contributed by atoms with van der Waals surface area (Å²) in [5.74, 6) is 0.327. The van der Waals surface area contributed by atoms with Crippen LogP contribution in [-0.4, -0.2) is 17.6 Å². The molecule has 3 heteroatoms. The van der Waals surface area contributed by atoms with E-state index in [1.165, 1.54) is 0 Å². The Labute approximate surface area is 115 Å².